The second-order valence-corrected chi connectivity index (χ2v) is 8.36. The van der Waals surface area contributed by atoms with Crippen LogP contribution in [0.5, 0.6) is 0 Å². The fourth-order valence-electron chi connectivity index (χ4n) is 4.49. The molecule has 1 fully saturated rings. The topological polar surface area (TPSA) is 100 Å². The van der Waals surface area contributed by atoms with Crippen molar-refractivity contribution in [2.75, 3.05) is 26.4 Å². The van der Waals surface area contributed by atoms with Crippen LogP contribution in [0.1, 0.15) is 65.3 Å². The highest BCUT2D eigenvalue weighted by Gasteiger charge is 2.39. The van der Waals surface area contributed by atoms with Gasteiger partial charge in [-0.3, -0.25) is 14.2 Å². The molecule has 1 amide bonds. The number of aromatic nitrogens is 4. The maximum atomic E-state index is 12.8. The minimum absolute atomic E-state index is 0.0279. The van der Waals surface area contributed by atoms with E-state index in [0.717, 1.165) is 43.7 Å². The lowest BCUT2D eigenvalue weighted by Crippen LogP contribution is -2.40. The normalized spacial score (nSPS) is 17.8. The van der Waals surface area contributed by atoms with E-state index in [0.29, 0.717) is 43.9 Å². The van der Waals surface area contributed by atoms with Crippen molar-refractivity contribution < 1.29 is 19.1 Å². The van der Waals surface area contributed by atoms with Crippen molar-refractivity contribution in [2.45, 2.75) is 59.0 Å². The molecule has 31 heavy (non-hydrogen) atoms. The first kappa shape index (κ1) is 21.5. The summed E-state index contributed by atoms with van der Waals surface area (Å²) in [6, 6.07) is 1.67. The minimum atomic E-state index is -0.411. The first-order valence-electron chi connectivity index (χ1n) is 11.2. The van der Waals surface area contributed by atoms with Gasteiger partial charge < -0.3 is 14.8 Å². The van der Waals surface area contributed by atoms with Gasteiger partial charge >= 0.3 is 5.97 Å². The van der Waals surface area contributed by atoms with Crippen molar-refractivity contribution in [1.29, 1.82) is 0 Å². The zero-order chi connectivity index (χ0) is 21.8. The van der Waals surface area contributed by atoms with Crippen LogP contribution in [0.3, 0.4) is 0 Å². The summed E-state index contributed by atoms with van der Waals surface area (Å²) in [5.74, 6) is -0.456. The van der Waals surface area contributed by atoms with Gasteiger partial charge in [-0.2, -0.15) is 10.2 Å². The Bertz CT molecular complexity index is 942. The lowest BCUT2D eigenvalue weighted by molar-refractivity contribution is 0.0160. The molecule has 0 aliphatic carbocycles. The zero-order valence-corrected chi connectivity index (χ0v) is 18.4. The Morgan fingerprint density at radius 3 is 2.77 bits per heavy atom. The van der Waals surface area contributed by atoms with Gasteiger partial charge in [-0.1, -0.05) is 0 Å². The molecule has 168 valence electrons. The number of carbonyl (C=O) groups is 2. The highest BCUT2D eigenvalue weighted by atomic mass is 16.5. The fraction of sp³-hybridized carbons (Fsp3) is 0.636. The van der Waals surface area contributed by atoms with Crippen molar-refractivity contribution in [3.63, 3.8) is 0 Å². The molecule has 2 aliphatic rings. The van der Waals surface area contributed by atoms with Gasteiger partial charge in [0, 0.05) is 44.6 Å². The van der Waals surface area contributed by atoms with E-state index < -0.39 is 5.97 Å². The lowest BCUT2D eigenvalue weighted by Gasteiger charge is -2.36. The summed E-state index contributed by atoms with van der Waals surface area (Å²) in [5, 5.41) is 12.0. The van der Waals surface area contributed by atoms with Crippen molar-refractivity contribution in [3.05, 3.63) is 34.9 Å². The number of nitrogens with zero attached hydrogens (tertiary/aromatic N) is 4. The molecule has 9 nitrogen and oxygen atoms in total. The summed E-state index contributed by atoms with van der Waals surface area (Å²) in [7, 11) is 0. The molecule has 0 radical (unpaired) electrons. The molecular weight excluding hydrogens is 398 g/mol. The van der Waals surface area contributed by atoms with Gasteiger partial charge in [0.25, 0.3) is 5.91 Å². The molecule has 2 aliphatic heterocycles. The van der Waals surface area contributed by atoms with Crippen molar-refractivity contribution in [2.24, 2.45) is 5.41 Å². The Labute approximate surface area is 182 Å². The van der Waals surface area contributed by atoms with Gasteiger partial charge in [0.1, 0.15) is 5.69 Å². The predicted octanol–water partition coefficient (Wildman–Crippen LogP) is 1.99. The standard InChI is InChI=1S/C22H31N5O4/c1-3-26-10-7-18(24-26)21(29)31-11-5-6-17-16-14-22(8-12-30-13-9-22)15-23-20(28)19(16)27(4-2)25-17/h7,10H,3-6,8-9,11-15H2,1-2H3,(H,23,28). The van der Waals surface area contributed by atoms with Gasteiger partial charge in [-0.05, 0) is 57.4 Å². The van der Waals surface area contributed by atoms with Crippen LogP contribution in [-0.2, 0) is 35.4 Å². The molecule has 1 N–H and O–H groups in total. The Hall–Kier alpha value is -2.68. The van der Waals surface area contributed by atoms with Crippen LogP contribution in [0.15, 0.2) is 12.3 Å². The van der Waals surface area contributed by atoms with Crippen LogP contribution >= 0.6 is 0 Å². The largest absolute Gasteiger partial charge is 0.461 e. The Balaban J connectivity index is 1.44. The molecule has 0 bridgehead atoms. The second kappa shape index (κ2) is 9.21. The molecule has 0 atom stereocenters. The minimum Gasteiger partial charge on any atom is -0.461 e. The average Bonchev–Trinajstić information content (AvgIpc) is 3.37. The van der Waals surface area contributed by atoms with Gasteiger partial charge in [-0.25, -0.2) is 4.79 Å². The molecule has 2 aromatic heterocycles. The molecule has 0 aromatic carbocycles. The van der Waals surface area contributed by atoms with Crippen LogP contribution < -0.4 is 5.32 Å². The first-order chi connectivity index (χ1) is 15.0. The zero-order valence-electron chi connectivity index (χ0n) is 18.4. The van der Waals surface area contributed by atoms with E-state index in [-0.39, 0.29) is 17.9 Å². The second-order valence-electron chi connectivity index (χ2n) is 8.36. The third kappa shape index (κ3) is 4.51. The van der Waals surface area contributed by atoms with E-state index >= 15 is 0 Å². The maximum absolute atomic E-state index is 12.8. The van der Waals surface area contributed by atoms with Crippen molar-refractivity contribution >= 4 is 11.9 Å². The summed E-state index contributed by atoms with van der Waals surface area (Å²) >= 11 is 0. The summed E-state index contributed by atoms with van der Waals surface area (Å²) < 4.78 is 14.5. The number of hydrogen-bond donors (Lipinski definition) is 1. The number of fused-ring (bicyclic) bond motifs is 1. The highest BCUT2D eigenvalue weighted by Crippen LogP contribution is 2.37. The van der Waals surface area contributed by atoms with Crippen LogP contribution in [0.25, 0.3) is 0 Å². The Morgan fingerprint density at radius 2 is 2.06 bits per heavy atom. The monoisotopic (exact) mass is 429 g/mol. The molecule has 1 spiro atoms. The van der Waals surface area contributed by atoms with Crippen molar-refractivity contribution in [3.8, 4) is 0 Å². The van der Waals surface area contributed by atoms with Crippen LogP contribution in [0.4, 0.5) is 0 Å². The third-order valence-electron chi connectivity index (χ3n) is 6.34. The number of ether oxygens (including phenoxy) is 2. The molecule has 0 saturated carbocycles. The SMILES string of the molecule is CCn1ccc(C(=O)OCCCc2nn(CC)c3c2CC2(CCOCC2)CNC3=O)n1. The molecule has 0 unspecified atom stereocenters. The number of hydrogen-bond acceptors (Lipinski definition) is 6. The summed E-state index contributed by atoms with van der Waals surface area (Å²) in [6.45, 7) is 7.73. The van der Waals surface area contributed by atoms with E-state index in [1.165, 1.54) is 0 Å². The van der Waals surface area contributed by atoms with Crippen molar-refractivity contribution in [1.82, 2.24) is 24.9 Å². The predicted molar refractivity (Wildman–Crippen MR) is 113 cm³/mol. The molecular formula is C22H31N5O4. The molecule has 2 aromatic rings. The number of aryl methyl sites for hydroxylation is 3. The van der Waals surface area contributed by atoms with E-state index in [4.69, 9.17) is 14.6 Å². The molecule has 1 saturated heterocycles. The summed E-state index contributed by atoms with van der Waals surface area (Å²) in [6.07, 6.45) is 5.77. The first-order valence-corrected chi connectivity index (χ1v) is 11.2. The van der Waals surface area contributed by atoms with Gasteiger partial charge in [-0.15, -0.1) is 0 Å². The third-order valence-corrected chi connectivity index (χ3v) is 6.34. The van der Waals surface area contributed by atoms with Gasteiger partial charge in [0.05, 0.1) is 12.3 Å². The lowest BCUT2D eigenvalue weighted by atomic mass is 9.75. The molecule has 4 rings (SSSR count). The van der Waals surface area contributed by atoms with Gasteiger partial charge in [0.15, 0.2) is 5.69 Å². The van der Waals surface area contributed by atoms with E-state index in [1.54, 1.807) is 16.9 Å². The quantitative estimate of drug-likeness (QED) is 0.534. The smallest absolute Gasteiger partial charge is 0.358 e. The number of carbonyl (C=O) groups excluding carboxylic acids is 2. The van der Waals surface area contributed by atoms with E-state index in [1.807, 2.05) is 18.5 Å². The number of rotatable bonds is 7. The average molecular weight is 430 g/mol. The molecule has 9 heteroatoms. The molecule has 4 heterocycles. The number of nitrogens with one attached hydrogen (secondary N) is 1. The summed E-state index contributed by atoms with van der Waals surface area (Å²) in [5.41, 5.74) is 3.02. The highest BCUT2D eigenvalue weighted by molar-refractivity contribution is 5.94. The number of amides is 1. The number of esters is 1. The van der Waals surface area contributed by atoms with E-state index in [9.17, 15) is 9.59 Å². The Kier molecular flexibility index (Phi) is 6.41. The fourth-order valence-corrected chi connectivity index (χ4v) is 4.49. The van der Waals surface area contributed by atoms with E-state index in [2.05, 4.69) is 10.4 Å². The van der Waals surface area contributed by atoms with Crippen LogP contribution in [0.2, 0.25) is 0 Å². The van der Waals surface area contributed by atoms with Gasteiger partial charge in [0.2, 0.25) is 0 Å². The van der Waals surface area contributed by atoms with Crippen LogP contribution in [-0.4, -0.2) is 57.8 Å². The maximum Gasteiger partial charge on any atom is 0.358 e. The Morgan fingerprint density at radius 1 is 1.26 bits per heavy atom. The summed E-state index contributed by atoms with van der Waals surface area (Å²) in [4.78, 5) is 25.0. The van der Waals surface area contributed by atoms with Crippen LogP contribution in [0, 0.1) is 5.41 Å².